The first-order chi connectivity index (χ1) is 12.7. The second-order valence-corrected chi connectivity index (χ2v) is 8.53. The maximum Gasteiger partial charge on any atom is 0.191 e. The van der Waals surface area contributed by atoms with Crippen molar-refractivity contribution in [1.82, 2.24) is 20.4 Å². The molecule has 1 aliphatic rings. The van der Waals surface area contributed by atoms with Gasteiger partial charge in [-0.05, 0) is 53.4 Å². The Morgan fingerprint density at radius 3 is 2.63 bits per heavy atom. The van der Waals surface area contributed by atoms with Crippen molar-refractivity contribution in [2.24, 2.45) is 4.99 Å². The number of benzene rings is 1. The zero-order chi connectivity index (χ0) is 20.0. The number of aliphatic imine (C=N–C) groups is 1. The summed E-state index contributed by atoms with van der Waals surface area (Å²) in [5.41, 5.74) is 2.11. The van der Waals surface area contributed by atoms with E-state index < -0.39 is 0 Å². The average Bonchev–Trinajstić information content (AvgIpc) is 2.58. The predicted octanol–water partition coefficient (Wildman–Crippen LogP) is 2.08. The summed E-state index contributed by atoms with van der Waals surface area (Å²) in [7, 11) is 6.19. The van der Waals surface area contributed by atoms with E-state index in [1.165, 1.54) is 5.56 Å². The number of hydrogen-bond donors (Lipinski definition) is 2. The largest absolute Gasteiger partial charge is 0.488 e. The van der Waals surface area contributed by atoms with Crippen LogP contribution < -0.4 is 15.4 Å². The monoisotopic (exact) mass is 375 g/mol. The molecule has 1 aromatic rings. The van der Waals surface area contributed by atoms with E-state index in [4.69, 9.17) is 4.74 Å². The van der Waals surface area contributed by atoms with E-state index in [2.05, 4.69) is 85.4 Å². The van der Waals surface area contributed by atoms with E-state index >= 15 is 0 Å². The van der Waals surface area contributed by atoms with Crippen LogP contribution in [0.3, 0.4) is 0 Å². The molecule has 0 saturated carbocycles. The summed E-state index contributed by atoms with van der Waals surface area (Å²) in [6.07, 6.45) is 0. The van der Waals surface area contributed by atoms with Gasteiger partial charge in [-0.2, -0.15) is 0 Å². The Balaban J connectivity index is 1.94. The summed E-state index contributed by atoms with van der Waals surface area (Å²) in [6, 6.07) is 6.84. The van der Waals surface area contributed by atoms with E-state index in [1.807, 2.05) is 7.05 Å². The second-order valence-electron chi connectivity index (χ2n) is 8.53. The minimum absolute atomic E-state index is 0.222. The summed E-state index contributed by atoms with van der Waals surface area (Å²) in [5, 5.41) is 6.89. The topological polar surface area (TPSA) is 52.1 Å². The highest BCUT2D eigenvalue weighted by atomic mass is 16.5. The van der Waals surface area contributed by atoms with E-state index in [0.717, 1.165) is 43.5 Å². The van der Waals surface area contributed by atoms with Gasteiger partial charge in [-0.1, -0.05) is 12.1 Å². The number of guanidine groups is 1. The molecule has 1 saturated heterocycles. The lowest BCUT2D eigenvalue weighted by atomic mass is 10.1. The van der Waals surface area contributed by atoms with Gasteiger partial charge in [-0.3, -0.25) is 9.89 Å². The molecule has 6 nitrogen and oxygen atoms in total. The maximum atomic E-state index is 6.15. The van der Waals surface area contributed by atoms with Crippen molar-refractivity contribution in [2.75, 3.05) is 47.3 Å². The smallest absolute Gasteiger partial charge is 0.191 e. The van der Waals surface area contributed by atoms with E-state index in [9.17, 15) is 0 Å². The van der Waals surface area contributed by atoms with Gasteiger partial charge in [0.1, 0.15) is 11.4 Å². The van der Waals surface area contributed by atoms with Gasteiger partial charge >= 0.3 is 0 Å². The van der Waals surface area contributed by atoms with Gasteiger partial charge in [-0.15, -0.1) is 0 Å². The van der Waals surface area contributed by atoms with Crippen LogP contribution in [-0.2, 0) is 6.54 Å². The molecule has 27 heavy (non-hydrogen) atoms. The normalized spacial score (nSPS) is 19.8. The zero-order valence-electron chi connectivity index (χ0n) is 18.1. The van der Waals surface area contributed by atoms with E-state index in [1.54, 1.807) is 0 Å². The summed E-state index contributed by atoms with van der Waals surface area (Å²) in [6.45, 7) is 13.2. The number of piperazine rings is 1. The molecular weight excluding hydrogens is 338 g/mol. The number of nitrogens with one attached hydrogen (secondary N) is 2. The first-order valence-corrected chi connectivity index (χ1v) is 9.80. The fourth-order valence-corrected chi connectivity index (χ4v) is 3.17. The van der Waals surface area contributed by atoms with E-state index in [0.29, 0.717) is 12.6 Å². The van der Waals surface area contributed by atoms with Crippen molar-refractivity contribution in [3.63, 3.8) is 0 Å². The molecule has 0 aliphatic carbocycles. The van der Waals surface area contributed by atoms with Crippen LogP contribution in [0.5, 0.6) is 5.75 Å². The molecule has 1 heterocycles. The molecule has 1 aliphatic heterocycles. The lowest BCUT2D eigenvalue weighted by Crippen LogP contribution is -2.55. The molecule has 6 heteroatoms. The lowest BCUT2D eigenvalue weighted by molar-refractivity contribution is 0.116. The van der Waals surface area contributed by atoms with Crippen LogP contribution in [0.4, 0.5) is 0 Å². The molecule has 1 unspecified atom stereocenters. The van der Waals surface area contributed by atoms with Gasteiger partial charge in [0, 0.05) is 51.4 Å². The van der Waals surface area contributed by atoms with Crippen molar-refractivity contribution in [3.05, 3.63) is 29.3 Å². The molecule has 152 valence electrons. The third-order valence-corrected chi connectivity index (χ3v) is 4.79. The van der Waals surface area contributed by atoms with Gasteiger partial charge < -0.3 is 20.3 Å². The van der Waals surface area contributed by atoms with Crippen molar-refractivity contribution in [3.8, 4) is 5.75 Å². The van der Waals surface area contributed by atoms with Crippen molar-refractivity contribution < 1.29 is 4.74 Å². The van der Waals surface area contributed by atoms with Crippen LogP contribution in [0.25, 0.3) is 0 Å². The van der Waals surface area contributed by atoms with Crippen LogP contribution in [0.2, 0.25) is 0 Å². The number of aryl methyl sites for hydroxylation is 1. The van der Waals surface area contributed by atoms with Crippen LogP contribution in [0.1, 0.15) is 31.9 Å². The molecule has 0 radical (unpaired) electrons. The SMILES string of the molecule is CN=C(NCc1ccc(C)cc1OC(C)(C)C)NCC1CN(C)CCN1C. The Bertz CT molecular complexity index is 638. The summed E-state index contributed by atoms with van der Waals surface area (Å²) in [5.74, 6) is 1.75. The summed E-state index contributed by atoms with van der Waals surface area (Å²) in [4.78, 5) is 9.17. The van der Waals surface area contributed by atoms with Crippen molar-refractivity contribution >= 4 is 5.96 Å². The number of hydrogen-bond acceptors (Lipinski definition) is 4. The predicted molar refractivity (Wildman–Crippen MR) is 114 cm³/mol. The van der Waals surface area contributed by atoms with Gasteiger partial charge in [0.15, 0.2) is 5.96 Å². The third-order valence-electron chi connectivity index (χ3n) is 4.79. The van der Waals surface area contributed by atoms with E-state index in [-0.39, 0.29) is 5.60 Å². The van der Waals surface area contributed by atoms with Crippen LogP contribution in [0, 0.1) is 6.92 Å². The maximum absolute atomic E-state index is 6.15. The molecule has 0 amide bonds. The molecule has 2 N–H and O–H groups in total. The average molecular weight is 376 g/mol. The Morgan fingerprint density at radius 1 is 1.22 bits per heavy atom. The fraction of sp³-hybridized carbons (Fsp3) is 0.667. The van der Waals surface area contributed by atoms with Crippen LogP contribution in [-0.4, -0.2) is 74.7 Å². The minimum Gasteiger partial charge on any atom is -0.488 e. The first-order valence-electron chi connectivity index (χ1n) is 9.80. The molecule has 0 spiro atoms. The highest BCUT2D eigenvalue weighted by molar-refractivity contribution is 5.79. The van der Waals surface area contributed by atoms with Gasteiger partial charge in [0.25, 0.3) is 0 Å². The lowest BCUT2D eigenvalue weighted by Gasteiger charge is -2.37. The van der Waals surface area contributed by atoms with Crippen LogP contribution >= 0.6 is 0 Å². The molecule has 2 rings (SSSR count). The quantitative estimate of drug-likeness (QED) is 0.610. The highest BCUT2D eigenvalue weighted by Crippen LogP contribution is 2.24. The molecular formula is C21H37N5O. The molecule has 1 aromatic carbocycles. The Hall–Kier alpha value is -1.79. The highest BCUT2D eigenvalue weighted by Gasteiger charge is 2.22. The number of nitrogens with zero attached hydrogens (tertiary/aromatic N) is 3. The van der Waals surface area contributed by atoms with Gasteiger partial charge in [0.05, 0.1) is 0 Å². The Morgan fingerprint density at radius 2 is 1.96 bits per heavy atom. The number of ether oxygens (including phenoxy) is 1. The van der Waals surface area contributed by atoms with Crippen molar-refractivity contribution in [2.45, 2.75) is 45.9 Å². The number of rotatable bonds is 5. The van der Waals surface area contributed by atoms with Gasteiger partial charge in [0.2, 0.25) is 0 Å². The Labute approximate surface area is 165 Å². The fourth-order valence-electron chi connectivity index (χ4n) is 3.17. The molecule has 0 bridgehead atoms. The standard InChI is InChI=1S/C21H37N5O/c1-16-8-9-17(19(12-16)27-21(2,3)4)13-23-20(22-5)24-14-18-15-25(6)10-11-26(18)7/h8-9,12,18H,10-11,13-15H2,1-7H3,(H2,22,23,24). The summed E-state index contributed by atoms with van der Waals surface area (Å²) < 4.78 is 6.15. The zero-order valence-corrected chi connectivity index (χ0v) is 18.1. The molecule has 1 fully saturated rings. The summed E-state index contributed by atoms with van der Waals surface area (Å²) >= 11 is 0. The third kappa shape index (κ3) is 7.03. The first kappa shape index (κ1) is 21.5. The second kappa shape index (κ2) is 9.42. The van der Waals surface area contributed by atoms with Crippen LogP contribution in [0.15, 0.2) is 23.2 Å². The van der Waals surface area contributed by atoms with Gasteiger partial charge in [-0.25, -0.2) is 0 Å². The minimum atomic E-state index is -0.222. The number of likely N-dealkylation sites (N-methyl/N-ethyl adjacent to an activating group) is 2. The molecule has 1 atom stereocenters. The molecule has 0 aromatic heterocycles. The van der Waals surface area contributed by atoms with Crippen molar-refractivity contribution in [1.29, 1.82) is 0 Å². The Kier molecular flexibility index (Phi) is 7.50.